The van der Waals surface area contributed by atoms with Gasteiger partial charge in [-0.25, -0.2) is 9.78 Å². The van der Waals surface area contributed by atoms with Crippen molar-refractivity contribution in [2.75, 3.05) is 18.0 Å². The molecule has 13 heteroatoms. The number of thioether (sulfide) groups is 1. The maximum atomic E-state index is 13.0. The number of pyridine rings is 1. The second kappa shape index (κ2) is 11.4. The maximum Gasteiger partial charge on any atom is 0.416 e. The molecule has 0 saturated carbocycles. The lowest BCUT2D eigenvalue weighted by atomic mass is 10.00. The predicted molar refractivity (Wildman–Crippen MR) is 129 cm³/mol. The van der Waals surface area contributed by atoms with Crippen LogP contribution in [0.3, 0.4) is 0 Å². The molecule has 1 saturated heterocycles. The fourth-order valence-corrected chi connectivity index (χ4v) is 5.22. The van der Waals surface area contributed by atoms with Gasteiger partial charge in [0.25, 0.3) is 0 Å². The van der Waals surface area contributed by atoms with E-state index in [-0.39, 0.29) is 27.8 Å². The Hall–Kier alpha value is -3.97. The van der Waals surface area contributed by atoms with Crippen LogP contribution in [0.2, 0.25) is 0 Å². The van der Waals surface area contributed by atoms with E-state index in [1.807, 2.05) is 11.0 Å². The van der Waals surface area contributed by atoms with Crippen LogP contribution in [0.25, 0.3) is 0 Å². The summed E-state index contributed by atoms with van der Waals surface area (Å²) in [5.74, 6) is -0.537. The molecule has 194 valence electrons. The minimum absolute atomic E-state index is 0.0911. The number of amides is 2. The minimum atomic E-state index is -4.55. The first kappa shape index (κ1) is 27.6. The van der Waals surface area contributed by atoms with Crippen LogP contribution < -0.4 is 16.0 Å². The molecule has 4 N–H and O–H groups in total. The van der Waals surface area contributed by atoms with Gasteiger partial charge in [0, 0.05) is 19.1 Å². The molecule has 2 aromatic rings. The summed E-state index contributed by atoms with van der Waals surface area (Å²) in [5.41, 5.74) is 5.64. The van der Waals surface area contributed by atoms with Gasteiger partial charge in [-0.3, -0.25) is 4.79 Å². The van der Waals surface area contributed by atoms with Crippen LogP contribution in [0.4, 0.5) is 23.8 Å². The van der Waals surface area contributed by atoms with Crippen LogP contribution in [0.15, 0.2) is 29.3 Å². The summed E-state index contributed by atoms with van der Waals surface area (Å²) in [4.78, 5) is 29.7. The number of carbonyl (C=O) groups is 2. The standard InChI is InChI=1S/C24H23F3N6O3S/c1-2-16-17(11-28)21(33-9-7-15(8-10-33)31-23(35)36)32-22(18(16)12-29)37-19(20(30)34)13-3-5-14(6-4-13)24(25,26)27/h3-6,15,19,31H,2,7-10H2,1H3,(H2,30,34)(H,35,36). The molecule has 2 heterocycles. The highest BCUT2D eigenvalue weighted by Crippen LogP contribution is 2.40. The first-order valence-electron chi connectivity index (χ1n) is 11.2. The Morgan fingerprint density at radius 1 is 1.22 bits per heavy atom. The molecule has 2 amide bonds. The number of nitrogens with one attached hydrogen (secondary N) is 1. The average Bonchev–Trinajstić information content (AvgIpc) is 2.85. The first-order chi connectivity index (χ1) is 17.5. The van der Waals surface area contributed by atoms with Crippen molar-refractivity contribution in [3.63, 3.8) is 0 Å². The number of piperidine rings is 1. The smallest absolute Gasteiger partial charge is 0.416 e. The van der Waals surface area contributed by atoms with Crippen molar-refractivity contribution in [2.45, 2.75) is 48.7 Å². The van der Waals surface area contributed by atoms with Crippen molar-refractivity contribution in [3.05, 3.63) is 52.1 Å². The number of carbonyl (C=O) groups excluding carboxylic acids is 1. The van der Waals surface area contributed by atoms with E-state index in [0.717, 1.165) is 36.0 Å². The summed E-state index contributed by atoms with van der Waals surface area (Å²) in [6.07, 6.45) is -4.42. The predicted octanol–water partition coefficient (Wildman–Crippen LogP) is 3.96. The Labute approximate surface area is 215 Å². The number of rotatable bonds is 7. The van der Waals surface area contributed by atoms with E-state index in [9.17, 15) is 33.3 Å². The van der Waals surface area contributed by atoms with Crippen LogP contribution in [0, 0.1) is 22.7 Å². The fraction of sp³-hybridized carbons (Fsp3) is 0.375. The molecule has 0 aliphatic carbocycles. The maximum absolute atomic E-state index is 13.0. The highest BCUT2D eigenvalue weighted by Gasteiger charge is 2.32. The SMILES string of the molecule is CCc1c(C#N)c(SC(C(N)=O)c2ccc(C(F)(F)F)cc2)nc(N2CCC(NC(=O)O)CC2)c1C#N. The van der Waals surface area contributed by atoms with E-state index < -0.39 is 29.0 Å². The molecule has 1 aromatic heterocycles. The number of carboxylic acid groups (broad SMARTS) is 1. The van der Waals surface area contributed by atoms with E-state index in [4.69, 9.17) is 10.8 Å². The number of halogens is 3. The third kappa shape index (κ3) is 6.24. The lowest BCUT2D eigenvalue weighted by Gasteiger charge is -2.33. The highest BCUT2D eigenvalue weighted by molar-refractivity contribution is 8.00. The molecule has 0 bridgehead atoms. The third-order valence-electron chi connectivity index (χ3n) is 5.98. The van der Waals surface area contributed by atoms with Crippen LogP contribution in [0.5, 0.6) is 0 Å². The number of nitriles is 2. The van der Waals surface area contributed by atoms with E-state index in [1.54, 1.807) is 6.92 Å². The van der Waals surface area contributed by atoms with E-state index in [0.29, 0.717) is 43.7 Å². The Morgan fingerprint density at radius 3 is 2.27 bits per heavy atom. The van der Waals surface area contributed by atoms with Gasteiger partial charge in [0.2, 0.25) is 5.91 Å². The van der Waals surface area contributed by atoms with Gasteiger partial charge in [-0.15, -0.1) is 0 Å². The second-order valence-electron chi connectivity index (χ2n) is 8.28. The molecule has 3 rings (SSSR count). The molecular weight excluding hydrogens is 509 g/mol. The Balaban J connectivity index is 2.02. The molecule has 0 radical (unpaired) electrons. The fourth-order valence-electron chi connectivity index (χ4n) is 4.16. The van der Waals surface area contributed by atoms with Crippen molar-refractivity contribution in [3.8, 4) is 12.1 Å². The van der Waals surface area contributed by atoms with Crippen LogP contribution in [0.1, 0.15) is 52.8 Å². The van der Waals surface area contributed by atoms with Crippen LogP contribution in [-0.2, 0) is 17.4 Å². The third-order valence-corrected chi connectivity index (χ3v) is 7.24. The summed E-state index contributed by atoms with van der Waals surface area (Å²) in [6, 6.07) is 7.91. The van der Waals surface area contributed by atoms with Gasteiger partial charge in [0.15, 0.2) is 0 Å². The Bertz CT molecular complexity index is 1260. The number of alkyl halides is 3. The van der Waals surface area contributed by atoms with E-state index in [2.05, 4.69) is 16.4 Å². The molecule has 1 aliphatic rings. The van der Waals surface area contributed by atoms with Gasteiger partial charge < -0.3 is 21.1 Å². The number of hydrogen-bond acceptors (Lipinski definition) is 7. The normalized spacial score (nSPS) is 14.9. The van der Waals surface area contributed by atoms with Crippen LogP contribution in [-0.4, -0.2) is 41.2 Å². The lowest BCUT2D eigenvalue weighted by molar-refractivity contribution is -0.137. The number of nitrogens with zero attached hydrogens (tertiary/aromatic N) is 4. The number of anilines is 1. The van der Waals surface area contributed by atoms with Crippen molar-refractivity contribution in [2.24, 2.45) is 5.73 Å². The molecule has 37 heavy (non-hydrogen) atoms. The Kier molecular flexibility index (Phi) is 8.50. The Morgan fingerprint density at radius 2 is 1.81 bits per heavy atom. The van der Waals surface area contributed by atoms with Gasteiger partial charge in [0.05, 0.1) is 16.7 Å². The van der Waals surface area contributed by atoms with Crippen LogP contribution >= 0.6 is 11.8 Å². The van der Waals surface area contributed by atoms with Gasteiger partial charge in [-0.2, -0.15) is 23.7 Å². The van der Waals surface area contributed by atoms with E-state index in [1.165, 1.54) is 0 Å². The summed E-state index contributed by atoms with van der Waals surface area (Å²) in [6.45, 7) is 2.55. The molecule has 1 unspecified atom stereocenters. The summed E-state index contributed by atoms with van der Waals surface area (Å²) in [5, 5.41) is 30.2. The first-order valence-corrected chi connectivity index (χ1v) is 12.1. The number of benzene rings is 1. The van der Waals surface area contributed by atoms with Crippen molar-refractivity contribution < 1.29 is 27.9 Å². The zero-order chi connectivity index (χ0) is 27.3. The topological polar surface area (TPSA) is 156 Å². The number of aromatic nitrogens is 1. The number of hydrogen-bond donors (Lipinski definition) is 3. The van der Waals surface area contributed by atoms with Gasteiger partial charge in [-0.05, 0) is 42.5 Å². The zero-order valence-electron chi connectivity index (χ0n) is 19.7. The van der Waals surface area contributed by atoms with Gasteiger partial charge in [0.1, 0.15) is 28.2 Å². The van der Waals surface area contributed by atoms with Gasteiger partial charge >= 0.3 is 12.3 Å². The van der Waals surface area contributed by atoms with Crippen molar-refractivity contribution >= 4 is 29.6 Å². The molecule has 1 aromatic carbocycles. The second-order valence-corrected chi connectivity index (χ2v) is 9.37. The highest BCUT2D eigenvalue weighted by atomic mass is 32.2. The zero-order valence-corrected chi connectivity index (χ0v) is 20.5. The van der Waals surface area contributed by atoms with Crippen molar-refractivity contribution in [1.82, 2.24) is 10.3 Å². The lowest BCUT2D eigenvalue weighted by Crippen LogP contribution is -2.44. The summed E-state index contributed by atoms with van der Waals surface area (Å²) in [7, 11) is 0. The number of primary amides is 1. The van der Waals surface area contributed by atoms with E-state index >= 15 is 0 Å². The molecular formula is C24H23F3N6O3S. The number of nitrogens with two attached hydrogens (primary N) is 1. The average molecular weight is 533 g/mol. The summed E-state index contributed by atoms with van der Waals surface area (Å²) >= 11 is 0.835. The molecule has 1 fully saturated rings. The monoisotopic (exact) mass is 532 g/mol. The summed E-state index contributed by atoms with van der Waals surface area (Å²) < 4.78 is 38.9. The van der Waals surface area contributed by atoms with Crippen molar-refractivity contribution in [1.29, 1.82) is 10.5 Å². The minimum Gasteiger partial charge on any atom is -0.465 e. The van der Waals surface area contributed by atoms with Gasteiger partial charge in [-0.1, -0.05) is 30.8 Å². The largest absolute Gasteiger partial charge is 0.465 e. The molecule has 1 atom stereocenters. The quantitative estimate of drug-likeness (QED) is 0.453. The molecule has 9 nitrogen and oxygen atoms in total. The molecule has 1 aliphatic heterocycles. The molecule has 0 spiro atoms.